The minimum Gasteiger partial charge on any atom is -0.294 e. The van der Waals surface area contributed by atoms with E-state index in [1.54, 1.807) is 24.3 Å². The highest BCUT2D eigenvalue weighted by atomic mass is 19.1. The molecule has 0 amide bonds. The van der Waals surface area contributed by atoms with Crippen LogP contribution < -0.4 is 0 Å². The summed E-state index contributed by atoms with van der Waals surface area (Å²) >= 11 is 0. The number of hydrogen-bond donors (Lipinski definition) is 0. The van der Waals surface area contributed by atoms with E-state index in [1.165, 1.54) is 97.1 Å². The predicted octanol–water partition coefficient (Wildman–Crippen LogP) is 9.50. The summed E-state index contributed by atoms with van der Waals surface area (Å²) in [5, 5.41) is 0. The lowest BCUT2D eigenvalue weighted by atomic mass is 9.83. The van der Waals surface area contributed by atoms with Gasteiger partial charge in [0.15, 0.2) is 23.1 Å². The highest BCUT2D eigenvalue weighted by Crippen LogP contribution is 2.32. The van der Waals surface area contributed by atoms with E-state index in [9.17, 15) is 36.7 Å². The first-order valence-corrected chi connectivity index (χ1v) is 15.3. The van der Waals surface area contributed by atoms with Crippen LogP contribution in [0.2, 0.25) is 0 Å². The average Bonchev–Trinajstić information content (AvgIpc) is 3.08. The van der Waals surface area contributed by atoms with Crippen molar-refractivity contribution in [2.75, 3.05) is 0 Å². The van der Waals surface area contributed by atoms with Crippen LogP contribution in [0.4, 0.5) is 17.6 Å². The smallest absolute Gasteiger partial charge is 0.163 e. The van der Waals surface area contributed by atoms with Crippen LogP contribution in [-0.2, 0) is 0 Å². The van der Waals surface area contributed by atoms with Crippen molar-refractivity contribution in [2.24, 2.45) is 0 Å². The van der Waals surface area contributed by atoms with Gasteiger partial charge in [-0.15, -0.1) is 0 Å². The molecule has 0 spiro atoms. The predicted molar refractivity (Wildman–Crippen MR) is 173 cm³/mol. The molecule has 0 fully saturated rings. The van der Waals surface area contributed by atoms with Gasteiger partial charge >= 0.3 is 0 Å². The van der Waals surface area contributed by atoms with Gasteiger partial charge in [0.1, 0.15) is 23.3 Å². The van der Waals surface area contributed by atoms with E-state index < -0.39 is 35.1 Å². The molecular formula is C40H30F4O4. The van der Waals surface area contributed by atoms with E-state index in [1.807, 2.05) is 0 Å². The lowest BCUT2D eigenvalue weighted by Gasteiger charge is -2.20. The van der Waals surface area contributed by atoms with Gasteiger partial charge < -0.3 is 0 Å². The number of rotatable bonds is 14. The molecule has 4 nitrogen and oxygen atoms in total. The summed E-state index contributed by atoms with van der Waals surface area (Å²) in [5.41, 5.74) is 2.41. The fourth-order valence-corrected chi connectivity index (χ4v) is 5.57. The van der Waals surface area contributed by atoms with Gasteiger partial charge in [-0.05, 0) is 120 Å². The molecule has 0 N–H and O–H groups in total. The highest BCUT2D eigenvalue weighted by molar-refractivity contribution is 6.00. The van der Waals surface area contributed by atoms with Gasteiger partial charge in [-0.25, -0.2) is 17.6 Å². The minimum absolute atomic E-state index is 0.0759. The Bertz CT molecular complexity index is 1640. The first-order valence-electron chi connectivity index (χ1n) is 15.3. The van der Waals surface area contributed by atoms with Gasteiger partial charge in [-0.1, -0.05) is 24.3 Å². The Hall–Kier alpha value is -5.50. The average molecular weight is 651 g/mol. The molecule has 0 aromatic heterocycles. The summed E-state index contributed by atoms with van der Waals surface area (Å²) in [6.45, 7) is 0. The fourth-order valence-electron chi connectivity index (χ4n) is 5.57. The zero-order valence-corrected chi connectivity index (χ0v) is 25.7. The van der Waals surface area contributed by atoms with Crippen LogP contribution in [0.5, 0.6) is 0 Å². The van der Waals surface area contributed by atoms with Crippen molar-refractivity contribution in [1.29, 1.82) is 0 Å². The quantitative estimate of drug-likeness (QED) is 0.0887. The Morgan fingerprint density at radius 1 is 0.333 bits per heavy atom. The Labute approximate surface area is 275 Å². The number of hydrogen-bond acceptors (Lipinski definition) is 4. The topological polar surface area (TPSA) is 68.3 Å². The van der Waals surface area contributed by atoms with Gasteiger partial charge in [-0.2, -0.15) is 0 Å². The van der Waals surface area contributed by atoms with Crippen molar-refractivity contribution < 1.29 is 36.7 Å². The van der Waals surface area contributed by atoms with E-state index in [-0.39, 0.29) is 71.1 Å². The Kier molecular flexibility index (Phi) is 10.9. The Morgan fingerprint density at radius 3 is 0.708 bits per heavy atom. The number of halogens is 4. The van der Waals surface area contributed by atoms with Crippen LogP contribution in [0.15, 0.2) is 121 Å². The van der Waals surface area contributed by atoms with Crippen LogP contribution in [0.25, 0.3) is 0 Å². The number of benzene rings is 5. The second-order valence-corrected chi connectivity index (χ2v) is 11.6. The summed E-state index contributed by atoms with van der Waals surface area (Å²) in [4.78, 5) is 52.9. The van der Waals surface area contributed by atoms with E-state index in [0.29, 0.717) is 11.1 Å². The first-order chi connectivity index (χ1) is 23.0. The molecule has 5 aromatic rings. The van der Waals surface area contributed by atoms with Crippen LogP contribution in [-0.4, -0.2) is 23.1 Å². The Balaban J connectivity index is 1.43. The van der Waals surface area contributed by atoms with Crippen LogP contribution >= 0.6 is 0 Å². The second-order valence-electron chi connectivity index (χ2n) is 11.6. The maximum absolute atomic E-state index is 13.5. The van der Waals surface area contributed by atoms with E-state index in [4.69, 9.17) is 0 Å². The van der Waals surface area contributed by atoms with Crippen molar-refractivity contribution in [1.82, 2.24) is 0 Å². The van der Waals surface area contributed by atoms with Crippen molar-refractivity contribution in [3.05, 3.63) is 178 Å². The summed E-state index contributed by atoms with van der Waals surface area (Å²) in [5.74, 6) is -4.37. The molecule has 0 radical (unpaired) electrons. The number of Topliss-reactive ketones (excluding diaryl/α,β-unsaturated/α-hetero) is 4. The zero-order chi connectivity index (χ0) is 34.2. The number of carbonyl (C=O) groups excluding carboxylic acids is 4. The monoisotopic (exact) mass is 650 g/mol. The molecule has 0 unspecified atom stereocenters. The second kappa shape index (κ2) is 15.4. The third-order valence-electron chi connectivity index (χ3n) is 8.27. The molecule has 5 rings (SSSR count). The maximum atomic E-state index is 13.5. The molecule has 0 aliphatic rings. The van der Waals surface area contributed by atoms with Gasteiger partial charge in [0.05, 0.1) is 0 Å². The SMILES string of the molecule is O=C(CC(CC(=O)c1ccc(F)cc1)c1ccc(C(CC(=O)c2ccc(F)cc2)CC(=O)c2ccc(F)cc2)cc1)c1ccc(F)cc1. The van der Waals surface area contributed by atoms with E-state index >= 15 is 0 Å². The third-order valence-corrected chi connectivity index (χ3v) is 8.27. The molecule has 0 heterocycles. The van der Waals surface area contributed by atoms with Gasteiger partial charge in [0, 0.05) is 47.9 Å². The summed E-state index contributed by atoms with van der Waals surface area (Å²) < 4.78 is 54.0. The summed E-state index contributed by atoms with van der Waals surface area (Å²) in [6.07, 6.45) is -0.304. The normalized spacial score (nSPS) is 11.1. The van der Waals surface area contributed by atoms with E-state index in [2.05, 4.69) is 0 Å². The van der Waals surface area contributed by atoms with Gasteiger partial charge in [0.2, 0.25) is 0 Å². The molecule has 0 atom stereocenters. The highest BCUT2D eigenvalue weighted by Gasteiger charge is 2.25. The van der Waals surface area contributed by atoms with Crippen molar-refractivity contribution in [3.63, 3.8) is 0 Å². The summed E-state index contributed by atoms with van der Waals surface area (Å²) in [6, 6.07) is 27.4. The Morgan fingerprint density at radius 2 is 0.521 bits per heavy atom. The molecular weight excluding hydrogens is 620 g/mol. The molecule has 0 aliphatic heterocycles. The molecule has 48 heavy (non-hydrogen) atoms. The standard InChI is InChI=1S/C40H30F4O4/c41-33-13-5-27(6-14-33)37(45)21-31(22-38(46)28-7-15-34(42)16-8-28)25-1-2-26(4-3-25)32(23-39(47)29-9-17-35(43)18-10-29)24-40(48)30-11-19-36(44)20-12-30/h1-20,31-32H,21-24H2. The largest absolute Gasteiger partial charge is 0.294 e. The third kappa shape index (κ3) is 8.85. The maximum Gasteiger partial charge on any atom is 0.163 e. The van der Waals surface area contributed by atoms with Crippen molar-refractivity contribution in [3.8, 4) is 0 Å². The van der Waals surface area contributed by atoms with Crippen molar-refractivity contribution in [2.45, 2.75) is 37.5 Å². The number of carbonyl (C=O) groups is 4. The van der Waals surface area contributed by atoms with Crippen molar-refractivity contribution >= 4 is 23.1 Å². The van der Waals surface area contributed by atoms with Crippen LogP contribution in [0.1, 0.15) is 90.1 Å². The minimum atomic E-state index is -0.602. The van der Waals surface area contributed by atoms with Gasteiger partial charge in [0.25, 0.3) is 0 Å². The number of ketones is 4. The molecule has 0 saturated heterocycles. The van der Waals surface area contributed by atoms with Crippen LogP contribution in [0.3, 0.4) is 0 Å². The fraction of sp³-hybridized carbons (Fsp3) is 0.150. The lowest BCUT2D eigenvalue weighted by molar-refractivity contribution is 0.0927. The van der Waals surface area contributed by atoms with E-state index in [0.717, 1.165) is 0 Å². The molecule has 5 aromatic carbocycles. The molecule has 0 bridgehead atoms. The van der Waals surface area contributed by atoms with Gasteiger partial charge in [-0.3, -0.25) is 19.2 Å². The molecule has 0 saturated carbocycles. The molecule has 8 heteroatoms. The first kappa shape index (κ1) is 33.9. The zero-order valence-electron chi connectivity index (χ0n) is 25.7. The molecule has 242 valence electrons. The molecule has 0 aliphatic carbocycles. The lowest BCUT2D eigenvalue weighted by Crippen LogP contribution is -2.14. The summed E-state index contributed by atoms with van der Waals surface area (Å²) in [7, 11) is 0. The van der Waals surface area contributed by atoms with Crippen LogP contribution in [0, 0.1) is 23.3 Å².